The van der Waals surface area contributed by atoms with Crippen LogP contribution in [0.15, 0.2) is 47.1 Å². The maximum Gasteiger partial charge on any atom is 0.257 e. The monoisotopic (exact) mass is 413 g/mol. The van der Waals surface area contributed by atoms with Gasteiger partial charge in [0.15, 0.2) is 0 Å². The molecule has 2 aromatic rings. The first-order chi connectivity index (χ1) is 12.1. The Hall–Kier alpha value is -1.53. The topological polar surface area (TPSA) is 62.7 Å². The molecule has 0 bridgehead atoms. The van der Waals surface area contributed by atoms with E-state index in [9.17, 15) is 4.79 Å². The largest absolute Gasteiger partial charge is 0.467 e. The van der Waals surface area contributed by atoms with Crippen LogP contribution in [0.3, 0.4) is 0 Å². The molecule has 0 saturated carbocycles. The first-order valence-electron chi connectivity index (χ1n) is 8.91. The van der Waals surface area contributed by atoms with E-state index in [-0.39, 0.29) is 36.8 Å². The van der Waals surface area contributed by atoms with E-state index in [1.54, 1.807) is 6.07 Å². The first-order valence-corrected chi connectivity index (χ1v) is 8.91. The summed E-state index contributed by atoms with van der Waals surface area (Å²) in [5, 5.41) is 0. The molecular formula is C20H29Cl2N3O2. The minimum Gasteiger partial charge on any atom is -0.467 e. The van der Waals surface area contributed by atoms with Crippen molar-refractivity contribution in [3.05, 3.63) is 59.5 Å². The van der Waals surface area contributed by atoms with Crippen LogP contribution < -0.4 is 5.73 Å². The smallest absolute Gasteiger partial charge is 0.257 e. The van der Waals surface area contributed by atoms with Crippen molar-refractivity contribution in [1.29, 1.82) is 0 Å². The third kappa shape index (κ3) is 5.72. The van der Waals surface area contributed by atoms with Gasteiger partial charge in [0.2, 0.25) is 0 Å². The number of benzene rings is 1. The molecule has 2 atom stereocenters. The summed E-state index contributed by atoms with van der Waals surface area (Å²) in [7, 11) is 1.89. The quantitative estimate of drug-likeness (QED) is 0.811. The lowest BCUT2D eigenvalue weighted by Crippen LogP contribution is -2.49. The molecule has 2 unspecified atom stereocenters. The fraction of sp³-hybridized carbons (Fsp3) is 0.450. The third-order valence-corrected chi connectivity index (χ3v) is 5.18. The SMILES string of the molecule is CC1CC(N(C)C(=O)c2coc(CN)c2)CCN1Cc1ccccc1.Cl.Cl. The van der Waals surface area contributed by atoms with Crippen LogP contribution in [0.2, 0.25) is 0 Å². The Balaban J connectivity index is 0.00000182. The Morgan fingerprint density at radius 1 is 1.30 bits per heavy atom. The summed E-state index contributed by atoms with van der Waals surface area (Å²) in [5.74, 6) is 0.653. The Kier molecular flexibility index (Phi) is 9.33. The van der Waals surface area contributed by atoms with E-state index in [0.29, 0.717) is 23.9 Å². The van der Waals surface area contributed by atoms with Crippen LogP contribution in [0, 0.1) is 0 Å². The van der Waals surface area contributed by atoms with Crippen molar-refractivity contribution in [2.75, 3.05) is 13.6 Å². The average molecular weight is 414 g/mol. The van der Waals surface area contributed by atoms with Gasteiger partial charge in [-0.05, 0) is 31.4 Å². The first kappa shape index (κ1) is 23.5. The predicted molar refractivity (Wildman–Crippen MR) is 113 cm³/mol. The number of nitrogens with two attached hydrogens (primary N) is 1. The van der Waals surface area contributed by atoms with Gasteiger partial charge in [0.05, 0.1) is 12.1 Å². The van der Waals surface area contributed by atoms with E-state index < -0.39 is 0 Å². The Bertz CT molecular complexity index is 708. The molecule has 1 saturated heterocycles. The third-order valence-electron chi connectivity index (χ3n) is 5.18. The van der Waals surface area contributed by atoms with Crippen LogP contribution in [-0.4, -0.2) is 41.4 Å². The molecule has 1 aromatic heterocycles. The summed E-state index contributed by atoms with van der Waals surface area (Å²) in [6.07, 6.45) is 3.48. The number of furan rings is 1. The summed E-state index contributed by atoms with van der Waals surface area (Å²) in [5.41, 5.74) is 7.48. The molecule has 27 heavy (non-hydrogen) atoms. The van der Waals surface area contributed by atoms with Crippen LogP contribution in [0.4, 0.5) is 0 Å². The number of piperidine rings is 1. The molecule has 0 spiro atoms. The van der Waals surface area contributed by atoms with Gasteiger partial charge >= 0.3 is 0 Å². The molecule has 5 nitrogen and oxygen atoms in total. The van der Waals surface area contributed by atoms with E-state index in [2.05, 4.69) is 36.1 Å². The second kappa shape index (κ2) is 10.7. The van der Waals surface area contributed by atoms with Crippen molar-refractivity contribution < 1.29 is 9.21 Å². The molecule has 0 aliphatic carbocycles. The number of carbonyl (C=O) groups excluding carboxylic acids is 1. The lowest BCUT2D eigenvalue weighted by atomic mass is 9.96. The van der Waals surface area contributed by atoms with Crippen molar-refractivity contribution in [3.8, 4) is 0 Å². The van der Waals surface area contributed by atoms with Gasteiger partial charge in [0.25, 0.3) is 5.91 Å². The van der Waals surface area contributed by atoms with Gasteiger partial charge in [0.1, 0.15) is 12.0 Å². The second-order valence-electron chi connectivity index (χ2n) is 6.91. The Morgan fingerprint density at radius 3 is 2.59 bits per heavy atom. The number of hydrogen-bond acceptors (Lipinski definition) is 4. The molecule has 1 fully saturated rings. The molecule has 0 radical (unpaired) electrons. The highest BCUT2D eigenvalue weighted by Gasteiger charge is 2.30. The highest BCUT2D eigenvalue weighted by Crippen LogP contribution is 2.24. The number of hydrogen-bond donors (Lipinski definition) is 1. The number of carbonyl (C=O) groups is 1. The Labute approximate surface area is 173 Å². The zero-order chi connectivity index (χ0) is 17.8. The molecule has 1 amide bonds. The van der Waals surface area contributed by atoms with Gasteiger partial charge in [-0.1, -0.05) is 30.3 Å². The highest BCUT2D eigenvalue weighted by atomic mass is 35.5. The molecule has 1 aliphatic heterocycles. The summed E-state index contributed by atoms with van der Waals surface area (Å²) in [6.45, 7) is 4.52. The summed E-state index contributed by atoms with van der Waals surface area (Å²) in [6, 6.07) is 13.0. The van der Waals surface area contributed by atoms with E-state index in [4.69, 9.17) is 10.2 Å². The lowest BCUT2D eigenvalue weighted by Gasteiger charge is -2.41. The normalized spacial score (nSPS) is 19.7. The maximum absolute atomic E-state index is 12.7. The van der Waals surface area contributed by atoms with E-state index in [1.807, 2.05) is 18.0 Å². The van der Waals surface area contributed by atoms with Crippen LogP contribution in [0.25, 0.3) is 0 Å². The summed E-state index contributed by atoms with van der Waals surface area (Å²) >= 11 is 0. The van der Waals surface area contributed by atoms with E-state index in [0.717, 1.165) is 25.9 Å². The number of nitrogens with zero attached hydrogens (tertiary/aromatic N) is 2. The average Bonchev–Trinajstić information content (AvgIpc) is 3.12. The van der Waals surface area contributed by atoms with Crippen molar-refractivity contribution in [2.45, 2.75) is 44.9 Å². The van der Waals surface area contributed by atoms with Crippen molar-refractivity contribution >= 4 is 30.7 Å². The fourth-order valence-electron chi connectivity index (χ4n) is 3.57. The van der Waals surface area contributed by atoms with E-state index in [1.165, 1.54) is 11.8 Å². The summed E-state index contributed by atoms with van der Waals surface area (Å²) in [4.78, 5) is 17.0. The molecule has 3 rings (SSSR count). The minimum absolute atomic E-state index is 0. The zero-order valence-corrected chi connectivity index (χ0v) is 17.5. The van der Waals surface area contributed by atoms with Crippen LogP contribution in [-0.2, 0) is 13.1 Å². The van der Waals surface area contributed by atoms with Crippen molar-refractivity contribution in [1.82, 2.24) is 9.80 Å². The number of rotatable bonds is 5. The fourth-order valence-corrected chi connectivity index (χ4v) is 3.57. The molecule has 2 N–H and O–H groups in total. The number of halogens is 2. The van der Waals surface area contributed by atoms with Crippen molar-refractivity contribution in [2.24, 2.45) is 5.73 Å². The van der Waals surface area contributed by atoms with E-state index >= 15 is 0 Å². The van der Waals surface area contributed by atoms with Gasteiger partial charge in [-0.15, -0.1) is 24.8 Å². The molecule has 7 heteroatoms. The zero-order valence-electron chi connectivity index (χ0n) is 15.8. The molecular weight excluding hydrogens is 385 g/mol. The molecule has 150 valence electrons. The molecule has 1 aliphatic rings. The minimum atomic E-state index is 0. The number of likely N-dealkylation sites (tertiary alicyclic amines) is 1. The summed E-state index contributed by atoms with van der Waals surface area (Å²) < 4.78 is 5.30. The van der Waals surface area contributed by atoms with Gasteiger partial charge in [-0.2, -0.15) is 0 Å². The second-order valence-corrected chi connectivity index (χ2v) is 6.91. The highest BCUT2D eigenvalue weighted by molar-refractivity contribution is 5.94. The van der Waals surface area contributed by atoms with Gasteiger partial charge in [-0.25, -0.2) is 0 Å². The Morgan fingerprint density at radius 2 is 2.00 bits per heavy atom. The molecule has 2 heterocycles. The number of amides is 1. The standard InChI is InChI=1S/C20H27N3O2.2ClH/c1-15-10-18(8-9-23(15)13-16-6-4-3-5-7-16)22(2)20(24)17-11-19(12-21)25-14-17;;/h3-7,11,14-15,18H,8-10,12-13,21H2,1-2H3;2*1H. The van der Waals surface area contributed by atoms with Gasteiger partial charge in [-0.3, -0.25) is 9.69 Å². The van der Waals surface area contributed by atoms with Crippen LogP contribution in [0.1, 0.15) is 41.4 Å². The predicted octanol–water partition coefficient (Wildman–Crippen LogP) is 3.71. The van der Waals surface area contributed by atoms with Crippen molar-refractivity contribution in [3.63, 3.8) is 0 Å². The maximum atomic E-state index is 12.7. The van der Waals surface area contributed by atoms with Gasteiger partial charge in [0, 0.05) is 32.2 Å². The van der Waals surface area contributed by atoms with Gasteiger partial charge < -0.3 is 15.1 Å². The molecule has 1 aromatic carbocycles. The lowest BCUT2D eigenvalue weighted by molar-refractivity contribution is 0.0538. The van der Waals surface area contributed by atoms with Crippen LogP contribution in [0.5, 0.6) is 0 Å². The van der Waals surface area contributed by atoms with Crippen LogP contribution >= 0.6 is 24.8 Å².